The maximum atomic E-state index is 10.1. The van der Waals surface area contributed by atoms with Gasteiger partial charge in [0.25, 0.3) is 0 Å². The van der Waals surface area contributed by atoms with Gasteiger partial charge in [0.2, 0.25) is 0 Å². The first-order valence-corrected chi connectivity index (χ1v) is 9.12. The van der Waals surface area contributed by atoms with Crippen LogP contribution in [-0.2, 0) is 14.4 Å². The molecule has 0 radical (unpaired) electrons. The van der Waals surface area contributed by atoms with Crippen molar-refractivity contribution in [2.75, 3.05) is 12.0 Å². The van der Waals surface area contributed by atoms with Crippen molar-refractivity contribution in [3.05, 3.63) is 0 Å². The molecular weight excluding hydrogens is 350 g/mol. The van der Waals surface area contributed by atoms with E-state index in [2.05, 4.69) is 0 Å². The monoisotopic (exact) mass is 383 g/mol. The fourth-order valence-electron chi connectivity index (χ4n) is 0.939. The summed E-state index contributed by atoms with van der Waals surface area (Å²) in [7, 11) is 0. The lowest BCUT2D eigenvalue weighted by Gasteiger charge is -2.07. The molecule has 0 spiro atoms. The molecule has 10 heteroatoms. The number of hydrogen-bond acceptors (Lipinski definition) is 7. The van der Waals surface area contributed by atoms with Gasteiger partial charge < -0.3 is 32.5 Å². The molecule has 0 heterocycles. The summed E-state index contributed by atoms with van der Waals surface area (Å²) >= 11 is 1.60. The standard InChI is InChI=1S/C5H11NO2S.2C5H11NO2/c1-9-3-2-4(6)5(7)8;2*1-3(2)4(6)5(7)8/h4H,2-3,6H2,1H3,(H,7,8);2*3-4H,6H2,1-2H3,(H,7,8)/t3*4-/m000/s1. The van der Waals surface area contributed by atoms with E-state index in [1.807, 2.05) is 6.26 Å². The number of carbonyl (C=O) groups is 3. The Morgan fingerprint density at radius 3 is 1.24 bits per heavy atom. The Hall–Kier alpha value is -1.36. The Balaban J connectivity index is -0.000000291. The first kappa shape index (κ1) is 28.4. The second kappa shape index (κ2) is 16.1. The molecule has 9 nitrogen and oxygen atoms in total. The minimum Gasteiger partial charge on any atom is -0.480 e. The molecule has 0 saturated carbocycles. The third-order valence-corrected chi connectivity index (χ3v) is 3.60. The van der Waals surface area contributed by atoms with Crippen molar-refractivity contribution in [3.8, 4) is 0 Å². The summed E-state index contributed by atoms with van der Waals surface area (Å²) in [6, 6.07) is -2.11. The predicted molar refractivity (Wildman–Crippen MR) is 99.5 cm³/mol. The van der Waals surface area contributed by atoms with E-state index in [0.29, 0.717) is 6.42 Å². The lowest BCUT2D eigenvalue weighted by Crippen LogP contribution is -2.34. The van der Waals surface area contributed by atoms with E-state index in [0.717, 1.165) is 5.75 Å². The minimum absolute atomic E-state index is 0.0208. The molecule has 0 aliphatic carbocycles. The average molecular weight is 384 g/mol. The second-order valence-corrected chi connectivity index (χ2v) is 6.93. The van der Waals surface area contributed by atoms with Crippen LogP contribution in [0.5, 0.6) is 0 Å². The van der Waals surface area contributed by atoms with Crippen LogP contribution < -0.4 is 17.2 Å². The zero-order valence-electron chi connectivity index (χ0n) is 15.5. The maximum absolute atomic E-state index is 10.1. The zero-order valence-corrected chi connectivity index (χ0v) is 16.3. The first-order valence-electron chi connectivity index (χ1n) is 7.73. The van der Waals surface area contributed by atoms with E-state index in [4.69, 9.17) is 32.5 Å². The first-order chi connectivity index (χ1) is 11.3. The number of nitrogens with two attached hydrogens (primary N) is 3. The minimum atomic E-state index is -0.931. The molecule has 0 unspecified atom stereocenters. The lowest BCUT2D eigenvalue weighted by atomic mass is 10.1. The van der Waals surface area contributed by atoms with E-state index in [1.54, 1.807) is 39.5 Å². The average Bonchev–Trinajstić information content (AvgIpc) is 2.51. The third kappa shape index (κ3) is 18.8. The van der Waals surface area contributed by atoms with Crippen LogP contribution in [0.1, 0.15) is 34.1 Å². The van der Waals surface area contributed by atoms with Crippen LogP contribution in [0.2, 0.25) is 0 Å². The van der Waals surface area contributed by atoms with Gasteiger partial charge in [0.1, 0.15) is 18.1 Å². The lowest BCUT2D eigenvalue weighted by molar-refractivity contribution is -0.140. The predicted octanol–water partition coefficient (Wildman–Crippen LogP) is 0.260. The van der Waals surface area contributed by atoms with Gasteiger partial charge in [-0.1, -0.05) is 27.7 Å². The normalized spacial score (nSPS) is 13.7. The molecule has 3 atom stereocenters. The van der Waals surface area contributed by atoms with Gasteiger partial charge in [-0.2, -0.15) is 11.8 Å². The molecule has 0 aromatic rings. The molecule has 0 amide bonds. The van der Waals surface area contributed by atoms with E-state index >= 15 is 0 Å². The summed E-state index contributed by atoms with van der Waals surface area (Å²) in [4.78, 5) is 30.1. The fourth-order valence-corrected chi connectivity index (χ4v) is 1.43. The molecule has 25 heavy (non-hydrogen) atoms. The molecule has 150 valence electrons. The molecule has 0 aromatic carbocycles. The van der Waals surface area contributed by atoms with Crippen LogP contribution in [0.3, 0.4) is 0 Å². The summed E-state index contributed by atoms with van der Waals surface area (Å²) in [5.41, 5.74) is 15.5. The number of carboxylic acid groups (broad SMARTS) is 3. The molecule has 0 aliphatic rings. The number of hydrogen-bond donors (Lipinski definition) is 6. The number of rotatable bonds is 8. The number of carboxylic acids is 3. The van der Waals surface area contributed by atoms with Crippen LogP contribution in [0.4, 0.5) is 0 Å². The van der Waals surface area contributed by atoms with Crippen molar-refractivity contribution in [2.45, 2.75) is 52.2 Å². The highest BCUT2D eigenvalue weighted by molar-refractivity contribution is 7.98. The Morgan fingerprint density at radius 1 is 0.800 bits per heavy atom. The number of aliphatic carboxylic acids is 3. The van der Waals surface area contributed by atoms with Gasteiger partial charge in [-0.25, -0.2) is 0 Å². The van der Waals surface area contributed by atoms with Gasteiger partial charge >= 0.3 is 17.9 Å². The molecule has 0 bridgehead atoms. The van der Waals surface area contributed by atoms with Gasteiger partial charge in [0.15, 0.2) is 0 Å². The van der Waals surface area contributed by atoms with Gasteiger partial charge in [-0.05, 0) is 30.3 Å². The molecule has 0 saturated heterocycles. The van der Waals surface area contributed by atoms with E-state index < -0.39 is 36.0 Å². The van der Waals surface area contributed by atoms with Crippen LogP contribution in [0, 0.1) is 11.8 Å². The summed E-state index contributed by atoms with van der Waals surface area (Å²) in [6.07, 6.45) is 2.48. The Labute approximate surface area is 153 Å². The molecule has 9 N–H and O–H groups in total. The smallest absolute Gasteiger partial charge is 0.320 e. The highest BCUT2D eigenvalue weighted by atomic mass is 32.2. The van der Waals surface area contributed by atoms with Crippen molar-refractivity contribution >= 4 is 29.7 Å². The third-order valence-electron chi connectivity index (χ3n) is 2.96. The van der Waals surface area contributed by atoms with Crippen LogP contribution in [-0.4, -0.2) is 63.4 Å². The summed E-state index contributed by atoms with van der Waals surface area (Å²) in [5, 5.41) is 24.7. The SMILES string of the molecule is CC(C)[C@H](N)C(=O)O.CC(C)[C@H](N)C(=O)O.CSCC[C@H](N)C(=O)O. The summed E-state index contributed by atoms with van der Waals surface area (Å²) < 4.78 is 0. The summed E-state index contributed by atoms with van der Waals surface area (Å²) in [5.74, 6) is -1.92. The van der Waals surface area contributed by atoms with Crippen LogP contribution in [0.15, 0.2) is 0 Å². The highest BCUT2D eigenvalue weighted by Gasteiger charge is 2.15. The van der Waals surface area contributed by atoms with Crippen LogP contribution in [0.25, 0.3) is 0 Å². The maximum Gasteiger partial charge on any atom is 0.320 e. The van der Waals surface area contributed by atoms with Gasteiger partial charge in [-0.15, -0.1) is 0 Å². The fraction of sp³-hybridized carbons (Fsp3) is 0.800. The van der Waals surface area contributed by atoms with E-state index in [-0.39, 0.29) is 11.8 Å². The molecule has 0 aliphatic heterocycles. The van der Waals surface area contributed by atoms with Gasteiger partial charge in [0, 0.05) is 0 Å². The quantitative estimate of drug-likeness (QED) is 0.339. The molecular formula is C15H33N3O6S. The van der Waals surface area contributed by atoms with Gasteiger partial charge in [-0.3, -0.25) is 14.4 Å². The summed E-state index contributed by atoms with van der Waals surface area (Å²) in [6.45, 7) is 7.11. The van der Waals surface area contributed by atoms with Crippen molar-refractivity contribution in [2.24, 2.45) is 29.0 Å². The molecule has 0 fully saturated rings. The topological polar surface area (TPSA) is 190 Å². The van der Waals surface area contributed by atoms with Crippen LogP contribution >= 0.6 is 11.8 Å². The second-order valence-electron chi connectivity index (χ2n) is 5.94. The largest absolute Gasteiger partial charge is 0.480 e. The van der Waals surface area contributed by atoms with Crippen molar-refractivity contribution in [1.29, 1.82) is 0 Å². The van der Waals surface area contributed by atoms with E-state index in [1.165, 1.54) is 0 Å². The zero-order chi connectivity index (χ0) is 20.7. The van der Waals surface area contributed by atoms with Crippen molar-refractivity contribution in [1.82, 2.24) is 0 Å². The van der Waals surface area contributed by atoms with E-state index in [9.17, 15) is 14.4 Å². The van der Waals surface area contributed by atoms with Crippen molar-refractivity contribution in [3.63, 3.8) is 0 Å². The Morgan fingerprint density at radius 2 is 1.12 bits per heavy atom. The number of thioether (sulfide) groups is 1. The Bertz CT molecular complexity index is 369. The molecule has 0 aromatic heterocycles. The van der Waals surface area contributed by atoms with Gasteiger partial charge in [0.05, 0.1) is 0 Å². The highest BCUT2D eigenvalue weighted by Crippen LogP contribution is 1.98. The Kier molecular flexibility index (Phi) is 18.3. The van der Waals surface area contributed by atoms with Crippen molar-refractivity contribution < 1.29 is 29.7 Å². The molecule has 0 rings (SSSR count).